The SMILES string of the molecule is Nc1ccc(C(NC(=O)c2ccc(C(F)(F)F)[nH]c2=O)c2ccccc2)cc1. The summed E-state index contributed by atoms with van der Waals surface area (Å²) in [4.78, 5) is 26.3. The summed E-state index contributed by atoms with van der Waals surface area (Å²) >= 11 is 0. The smallest absolute Gasteiger partial charge is 0.399 e. The molecule has 1 aromatic heterocycles. The predicted octanol–water partition coefficient (Wildman–Crippen LogP) is 3.50. The highest BCUT2D eigenvalue weighted by molar-refractivity contribution is 5.94. The van der Waals surface area contributed by atoms with Gasteiger partial charge in [0.2, 0.25) is 0 Å². The Labute approximate surface area is 158 Å². The van der Waals surface area contributed by atoms with Crippen molar-refractivity contribution < 1.29 is 18.0 Å². The highest BCUT2D eigenvalue weighted by atomic mass is 19.4. The number of carbonyl (C=O) groups excluding carboxylic acids is 1. The maximum absolute atomic E-state index is 12.7. The van der Waals surface area contributed by atoms with Gasteiger partial charge in [-0.15, -0.1) is 0 Å². The highest BCUT2D eigenvalue weighted by Crippen LogP contribution is 2.27. The molecule has 0 saturated heterocycles. The third-order valence-corrected chi connectivity index (χ3v) is 4.14. The van der Waals surface area contributed by atoms with Crippen LogP contribution in [0.4, 0.5) is 18.9 Å². The van der Waals surface area contributed by atoms with E-state index in [4.69, 9.17) is 5.73 Å². The van der Waals surface area contributed by atoms with Gasteiger partial charge in [-0.2, -0.15) is 13.2 Å². The van der Waals surface area contributed by atoms with Crippen molar-refractivity contribution in [1.82, 2.24) is 10.3 Å². The summed E-state index contributed by atoms with van der Waals surface area (Å²) < 4.78 is 38.1. The summed E-state index contributed by atoms with van der Waals surface area (Å²) in [5.74, 6) is -0.791. The molecular weight excluding hydrogens is 371 g/mol. The van der Waals surface area contributed by atoms with Crippen LogP contribution in [0.2, 0.25) is 0 Å². The van der Waals surface area contributed by atoms with E-state index in [0.29, 0.717) is 17.3 Å². The molecule has 0 aliphatic carbocycles. The molecule has 8 heteroatoms. The minimum Gasteiger partial charge on any atom is -0.399 e. The molecular formula is C20H16F3N3O2. The van der Waals surface area contributed by atoms with E-state index >= 15 is 0 Å². The van der Waals surface area contributed by atoms with Gasteiger partial charge < -0.3 is 16.0 Å². The molecule has 144 valence electrons. The van der Waals surface area contributed by atoms with Crippen LogP contribution in [0, 0.1) is 0 Å². The van der Waals surface area contributed by atoms with Gasteiger partial charge in [0.05, 0.1) is 6.04 Å². The molecule has 0 aliphatic heterocycles. The molecule has 5 nitrogen and oxygen atoms in total. The summed E-state index contributed by atoms with van der Waals surface area (Å²) in [7, 11) is 0. The van der Waals surface area contributed by atoms with Crippen molar-refractivity contribution in [3.63, 3.8) is 0 Å². The van der Waals surface area contributed by atoms with Gasteiger partial charge in [0.15, 0.2) is 0 Å². The third-order valence-electron chi connectivity index (χ3n) is 4.14. The molecule has 3 rings (SSSR count). The molecule has 0 aliphatic rings. The number of halogens is 3. The molecule has 28 heavy (non-hydrogen) atoms. The van der Waals surface area contributed by atoms with Crippen molar-refractivity contribution in [2.75, 3.05) is 5.73 Å². The van der Waals surface area contributed by atoms with Crippen molar-refractivity contribution in [1.29, 1.82) is 0 Å². The molecule has 0 spiro atoms. The van der Waals surface area contributed by atoms with Gasteiger partial charge in [-0.05, 0) is 35.4 Å². The summed E-state index contributed by atoms with van der Waals surface area (Å²) in [5.41, 5.74) is 4.95. The average molecular weight is 387 g/mol. The Hall–Kier alpha value is -3.55. The Kier molecular flexibility index (Phi) is 5.21. The second-order valence-electron chi connectivity index (χ2n) is 6.10. The van der Waals surface area contributed by atoms with Crippen molar-refractivity contribution in [2.45, 2.75) is 12.2 Å². The minimum atomic E-state index is -4.70. The number of nitrogens with two attached hydrogens (primary N) is 1. The molecule has 0 saturated carbocycles. The molecule has 1 atom stereocenters. The molecule has 2 aromatic carbocycles. The summed E-state index contributed by atoms with van der Waals surface area (Å²) in [5, 5.41) is 2.70. The first-order valence-corrected chi connectivity index (χ1v) is 8.27. The maximum atomic E-state index is 12.7. The monoisotopic (exact) mass is 387 g/mol. The summed E-state index contributed by atoms with van der Waals surface area (Å²) in [6.45, 7) is 0. The fourth-order valence-corrected chi connectivity index (χ4v) is 2.72. The quantitative estimate of drug-likeness (QED) is 0.599. The van der Waals surface area contributed by atoms with Crippen molar-refractivity contribution in [3.05, 3.63) is 99.5 Å². The van der Waals surface area contributed by atoms with Crippen LogP contribution in [0.3, 0.4) is 0 Å². The van der Waals surface area contributed by atoms with E-state index in [2.05, 4.69) is 5.32 Å². The summed E-state index contributed by atoms with van der Waals surface area (Å²) in [6.07, 6.45) is -4.70. The second-order valence-corrected chi connectivity index (χ2v) is 6.10. The van der Waals surface area contributed by atoms with E-state index in [9.17, 15) is 22.8 Å². The second kappa shape index (κ2) is 7.59. The molecule has 3 aromatic rings. The van der Waals surface area contributed by atoms with E-state index in [0.717, 1.165) is 11.6 Å². The molecule has 0 fully saturated rings. The van der Waals surface area contributed by atoms with Gasteiger partial charge in [-0.25, -0.2) is 0 Å². The average Bonchev–Trinajstić information content (AvgIpc) is 2.66. The molecule has 1 heterocycles. The Morgan fingerprint density at radius 2 is 1.54 bits per heavy atom. The highest BCUT2D eigenvalue weighted by Gasteiger charge is 2.32. The van der Waals surface area contributed by atoms with Gasteiger partial charge >= 0.3 is 6.18 Å². The normalized spacial score (nSPS) is 12.4. The zero-order valence-electron chi connectivity index (χ0n) is 14.5. The maximum Gasteiger partial charge on any atom is 0.431 e. The number of hydrogen-bond acceptors (Lipinski definition) is 3. The van der Waals surface area contributed by atoms with Crippen LogP contribution in [0.25, 0.3) is 0 Å². The first-order chi connectivity index (χ1) is 13.3. The standard InChI is InChI=1S/C20H16F3N3O2/c21-20(22,23)16-11-10-15(18(27)25-16)19(28)26-17(12-4-2-1-3-5-12)13-6-8-14(24)9-7-13/h1-11,17H,24H2,(H,25,27)(H,26,28). The number of carbonyl (C=O) groups is 1. The van der Waals surface area contributed by atoms with Crippen molar-refractivity contribution >= 4 is 11.6 Å². The largest absolute Gasteiger partial charge is 0.431 e. The third kappa shape index (κ3) is 4.22. The topological polar surface area (TPSA) is 88.0 Å². The number of pyridine rings is 1. The van der Waals surface area contributed by atoms with Crippen molar-refractivity contribution in [3.8, 4) is 0 Å². The Bertz CT molecular complexity index is 1030. The van der Waals surface area contributed by atoms with Gasteiger partial charge in [-0.1, -0.05) is 42.5 Å². The number of nitrogen functional groups attached to an aromatic ring is 1. The number of anilines is 1. The fourth-order valence-electron chi connectivity index (χ4n) is 2.72. The summed E-state index contributed by atoms with van der Waals surface area (Å²) in [6, 6.07) is 16.7. The van der Waals surface area contributed by atoms with Crippen LogP contribution in [-0.2, 0) is 6.18 Å². The number of alkyl halides is 3. The molecule has 1 unspecified atom stereocenters. The molecule has 0 bridgehead atoms. The first-order valence-electron chi connectivity index (χ1n) is 8.27. The number of benzene rings is 2. The number of H-pyrrole nitrogens is 1. The fraction of sp³-hybridized carbons (Fsp3) is 0.100. The molecule has 4 N–H and O–H groups in total. The zero-order valence-corrected chi connectivity index (χ0v) is 14.5. The molecule has 0 radical (unpaired) electrons. The van der Waals surface area contributed by atoms with Gasteiger partial charge in [0.1, 0.15) is 11.3 Å². The number of aromatic nitrogens is 1. The lowest BCUT2D eigenvalue weighted by molar-refractivity contribution is -0.141. The lowest BCUT2D eigenvalue weighted by Crippen LogP contribution is -2.34. The van der Waals surface area contributed by atoms with Crippen LogP contribution in [0.5, 0.6) is 0 Å². The van der Waals surface area contributed by atoms with E-state index < -0.39 is 34.9 Å². The van der Waals surface area contributed by atoms with Crippen LogP contribution in [-0.4, -0.2) is 10.9 Å². The molecule has 1 amide bonds. The van der Waals surface area contributed by atoms with Crippen LogP contribution in [0.1, 0.15) is 33.2 Å². The number of rotatable bonds is 4. The predicted molar refractivity (Wildman–Crippen MR) is 98.7 cm³/mol. The van der Waals surface area contributed by atoms with Crippen LogP contribution < -0.4 is 16.6 Å². The Morgan fingerprint density at radius 3 is 2.11 bits per heavy atom. The van der Waals surface area contributed by atoms with E-state index in [1.54, 1.807) is 53.5 Å². The van der Waals surface area contributed by atoms with Crippen LogP contribution >= 0.6 is 0 Å². The van der Waals surface area contributed by atoms with E-state index in [1.165, 1.54) is 0 Å². The lowest BCUT2D eigenvalue weighted by atomic mass is 9.98. The van der Waals surface area contributed by atoms with E-state index in [1.807, 2.05) is 6.07 Å². The zero-order chi connectivity index (χ0) is 20.3. The van der Waals surface area contributed by atoms with Gasteiger partial charge in [-0.3, -0.25) is 9.59 Å². The van der Waals surface area contributed by atoms with Gasteiger partial charge in [0, 0.05) is 5.69 Å². The minimum absolute atomic E-state index is 0.413. The van der Waals surface area contributed by atoms with Crippen molar-refractivity contribution in [2.24, 2.45) is 0 Å². The number of nitrogens with one attached hydrogen (secondary N) is 2. The first kappa shape index (κ1) is 19.2. The number of aromatic amines is 1. The number of hydrogen-bond donors (Lipinski definition) is 3. The van der Waals surface area contributed by atoms with Crippen LogP contribution in [0.15, 0.2) is 71.5 Å². The Morgan fingerprint density at radius 1 is 0.929 bits per heavy atom. The Balaban J connectivity index is 1.94. The van der Waals surface area contributed by atoms with Gasteiger partial charge in [0.25, 0.3) is 11.5 Å². The van der Waals surface area contributed by atoms with E-state index in [-0.39, 0.29) is 0 Å². The lowest BCUT2D eigenvalue weighted by Gasteiger charge is -2.20. The number of amides is 1.